The molecule has 0 heterocycles. The van der Waals surface area contributed by atoms with Crippen molar-refractivity contribution < 1.29 is 4.79 Å². The van der Waals surface area contributed by atoms with Gasteiger partial charge in [-0.05, 0) is 11.6 Å². The van der Waals surface area contributed by atoms with Crippen molar-refractivity contribution in [2.75, 3.05) is 14.1 Å². The minimum atomic E-state index is -0.257. The zero-order valence-corrected chi connectivity index (χ0v) is 8.92. The van der Waals surface area contributed by atoms with Crippen LogP contribution in [0.25, 0.3) is 6.08 Å². The molecule has 0 aliphatic heterocycles. The molecule has 0 atom stereocenters. The molecule has 0 radical (unpaired) electrons. The molecule has 0 aliphatic rings. The second-order valence-corrected chi connectivity index (χ2v) is 3.29. The highest BCUT2D eigenvalue weighted by atomic mass is 16.1. The van der Waals surface area contributed by atoms with E-state index in [2.05, 4.69) is 4.99 Å². The molecule has 0 unspecified atom stereocenters. The molecule has 15 heavy (non-hydrogen) atoms. The zero-order valence-electron chi connectivity index (χ0n) is 8.92. The van der Waals surface area contributed by atoms with E-state index in [9.17, 15) is 4.79 Å². The number of hydrogen-bond acceptors (Lipinski definition) is 1. The molecule has 1 amide bonds. The SMILES string of the molecule is CN(C)C=NC(=O)C=Cc1ccccc1. The maximum atomic E-state index is 11.2. The minimum absolute atomic E-state index is 0.257. The zero-order chi connectivity index (χ0) is 11.1. The lowest BCUT2D eigenvalue weighted by Gasteiger charge is -1.99. The van der Waals surface area contributed by atoms with Crippen LogP contribution in [0.4, 0.5) is 0 Å². The Morgan fingerprint density at radius 2 is 1.93 bits per heavy atom. The third kappa shape index (κ3) is 4.76. The summed E-state index contributed by atoms with van der Waals surface area (Å²) in [6.45, 7) is 0. The molecule has 3 nitrogen and oxygen atoms in total. The van der Waals surface area contributed by atoms with Crippen LogP contribution in [0.3, 0.4) is 0 Å². The molecule has 1 aromatic rings. The van der Waals surface area contributed by atoms with Crippen LogP contribution in [0, 0.1) is 0 Å². The van der Waals surface area contributed by atoms with Gasteiger partial charge in [0.05, 0.1) is 6.34 Å². The monoisotopic (exact) mass is 202 g/mol. The standard InChI is InChI=1S/C12H14N2O/c1-14(2)10-13-12(15)9-8-11-6-4-3-5-7-11/h3-10H,1-2H3. The first-order valence-electron chi connectivity index (χ1n) is 4.66. The van der Waals surface area contributed by atoms with Crippen LogP contribution in [-0.2, 0) is 4.79 Å². The summed E-state index contributed by atoms with van der Waals surface area (Å²) >= 11 is 0. The van der Waals surface area contributed by atoms with Crippen molar-refractivity contribution in [3.8, 4) is 0 Å². The van der Waals surface area contributed by atoms with Gasteiger partial charge in [-0.1, -0.05) is 30.3 Å². The highest BCUT2D eigenvalue weighted by molar-refractivity contribution is 5.96. The van der Waals surface area contributed by atoms with Crippen LogP contribution < -0.4 is 0 Å². The molecule has 1 rings (SSSR count). The second kappa shape index (κ2) is 5.75. The Bertz CT molecular complexity index is 366. The summed E-state index contributed by atoms with van der Waals surface area (Å²) in [4.78, 5) is 16.6. The fourth-order valence-corrected chi connectivity index (χ4v) is 0.947. The second-order valence-electron chi connectivity index (χ2n) is 3.29. The Kier molecular flexibility index (Phi) is 4.29. The number of amides is 1. The lowest BCUT2D eigenvalue weighted by atomic mass is 10.2. The summed E-state index contributed by atoms with van der Waals surface area (Å²) in [5, 5.41) is 0. The van der Waals surface area contributed by atoms with Gasteiger partial charge in [0, 0.05) is 20.2 Å². The average Bonchev–Trinajstić information content (AvgIpc) is 2.25. The van der Waals surface area contributed by atoms with Crippen molar-refractivity contribution in [3.05, 3.63) is 42.0 Å². The molecule has 3 heteroatoms. The molecule has 1 aromatic carbocycles. The van der Waals surface area contributed by atoms with E-state index < -0.39 is 0 Å². The van der Waals surface area contributed by atoms with Crippen molar-refractivity contribution in [3.63, 3.8) is 0 Å². The van der Waals surface area contributed by atoms with Gasteiger partial charge in [-0.3, -0.25) is 4.79 Å². The van der Waals surface area contributed by atoms with Gasteiger partial charge in [0.25, 0.3) is 5.91 Å². The largest absolute Gasteiger partial charge is 0.369 e. The molecule has 0 fully saturated rings. The van der Waals surface area contributed by atoms with E-state index >= 15 is 0 Å². The predicted octanol–water partition coefficient (Wildman–Crippen LogP) is 1.82. The summed E-state index contributed by atoms with van der Waals surface area (Å²) in [5.74, 6) is -0.257. The molecule has 0 N–H and O–H groups in total. The molecule has 0 saturated carbocycles. The van der Waals surface area contributed by atoms with Crippen molar-refractivity contribution in [2.45, 2.75) is 0 Å². The summed E-state index contributed by atoms with van der Waals surface area (Å²) in [7, 11) is 3.63. The van der Waals surface area contributed by atoms with E-state index in [0.29, 0.717) is 0 Å². The number of aliphatic imine (C=N–C) groups is 1. The molecule has 0 bridgehead atoms. The Morgan fingerprint density at radius 1 is 1.27 bits per heavy atom. The van der Waals surface area contributed by atoms with Crippen molar-refractivity contribution in [1.29, 1.82) is 0 Å². The summed E-state index contributed by atoms with van der Waals surface area (Å²) in [5.41, 5.74) is 0.992. The Hall–Kier alpha value is -1.90. The summed E-state index contributed by atoms with van der Waals surface area (Å²) in [6, 6.07) is 9.64. The summed E-state index contributed by atoms with van der Waals surface area (Å²) in [6.07, 6.45) is 4.68. The lowest BCUT2D eigenvalue weighted by molar-refractivity contribution is -0.113. The van der Waals surface area contributed by atoms with Gasteiger partial charge < -0.3 is 4.90 Å². The highest BCUT2D eigenvalue weighted by Crippen LogP contribution is 2.00. The average molecular weight is 202 g/mol. The molecule has 78 valence electrons. The first-order chi connectivity index (χ1) is 7.18. The van der Waals surface area contributed by atoms with Crippen LogP contribution in [-0.4, -0.2) is 31.2 Å². The van der Waals surface area contributed by atoms with Crippen LogP contribution in [0.2, 0.25) is 0 Å². The van der Waals surface area contributed by atoms with Crippen LogP contribution >= 0.6 is 0 Å². The third-order valence-electron chi connectivity index (χ3n) is 1.63. The molecule has 0 saturated heterocycles. The summed E-state index contributed by atoms with van der Waals surface area (Å²) < 4.78 is 0. The minimum Gasteiger partial charge on any atom is -0.369 e. The smallest absolute Gasteiger partial charge is 0.271 e. The molecule has 0 aliphatic carbocycles. The predicted molar refractivity (Wildman–Crippen MR) is 62.7 cm³/mol. The number of benzene rings is 1. The molecular weight excluding hydrogens is 188 g/mol. The number of carbonyl (C=O) groups excluding carboxylic acids is 1. The number of nitrogens with zero attached hydrogens (tertiary/aromatic N) is 2. The topological polar surface area (TPSA) is 32.7 Å². The fourth-order valence-electron chi connectivity index (χ4n) is 0.947. The Balaban J connectivity index is 2.55. The number of hydrogen-bond donors (Lipinski definition) is 0. The first-order valence-corrected chi connectivity index (χ1v) is 4.66. The van der Waals surface area contributed by atoms with Gasteiger partial charge in [0.1, 0.15) is 0 Å². The van der Waals surface area contributed by atoms with Gasteiger partial charge in [0.2, 0.25) is 0 Å². The van der Waals surface area contributed by atoms with Gasteiger partial charge in [-0.25, -0.2) is 4.99 Å². The van der Waals surface area contributed by atoms with Crippen LogP contribution in [0.15, 0.2) is 41.4 Å². The lowest BCUT2D eigenvalue weighted by Crippen LogP contribution is -2.08. The van der Waals surface area contributed by atoms with Crippen molar-refractivity contribution >= 4 is 18.3 Å². The van der Waals surface area contributed by atoms with E-state index in [1.165, 1.54) is 12.4 Å². The van der Waals surface area contributed by atoms with E-state index in [0.717, 1.165) is 5.56 Å². The van der Waals surface area contributed by atoms with Gasteiger partial charge >= 0.3 is 0 Å². The van der Waals surface area contributed by atoms with Crippen molar-refractivity contribution in [2.24, 2.45) is 4.99 Å². The third-order valence-corrected chi connectivity index (χ3v) is 1.63. The van der Waals surface area contributed by atoms with Crippen LogP contribution in [0.5, 0.6) is 0 Å². The highest BCUT2D eigenvalue weighted by Gasteiger charge is 1.90. The van der Waals surface area contributed by atoms with Gasteiger partial charge in [-0.2, -0.15) is 0 Å². The first kappa shape index (κ1) is 11.2. The van der Waals surface area contributed by atoms with E-state index in [-0.39, 0.29) is 5.91 Å². The van der Waals surface area contributed by atoms with Crippen molar-refractivity contribution in [1.82, 2.24) is 4.90 Å². The van der Waals surface area contributed by atoms with Crippen LogP contribution in [0.1, 0.15) is 5.56 Å². The number of carbonyl (C=O) groups is 1. The quantitative estimate of drug-likeness (QED) is 0.425. The normalized spacial score (nSPS) is 11.1. The maximum Gasteiger partial charge on any atom is 0.271 e. The Morgan fingerprint density at radius 3 is 2.53 bits per heavy atom. The Labute approximate surface area is 89.7 Å². The van der Waals surface area contributed by atoms with Gasteiger partial charge in [-0.15, -0.1) is 0 Å². The van der Waals surface area contributed by atoms with E-state index in [1.54, 1.807) is 11.0 Å². The fraction of sp³-hybridized carbons (Fsp3) is 0.167. The molecular formula is C12H14N2O. The maximum absolute atomic E-state index is 11.2. The molecule has 0 spiro atoms. The molecule has 0 aromatic heterocycles. The number of rotatable bonds is 3. The van der Waals surface area contributed by atoms with E-state index in [1.807, 2.05) is 44.4 Å². The van der Waals surface area contributed by atoms with Gasteiger partial charge in [0.15, 0.2) is 0 Å². The van der Waals surface area contributed by atoms with E-state index in [4.69, 9.17) is 0 Å².